The van der Waals surface area contributed by atoms with Gasteiger partial charge in [0.15, 0.2) is 0 Å². The molecule has 0 aliphatic carbocycles. The zero-order valence-electron chi connectivity index (χ0n) is 7.09. The number of hydrogen-bond acceptors (Lipinski definition) is 8. The molecule has 0 heterocycles. The summed E-state index contributed by atoms with van der Waals surface area (Å²) in [5.41, 5.74) is 0. The Kier molecular flexibility index (Phi) is 48.0. The molecular weight excluding hydrogens is 392 g/mol. The van der Waals surface area contributed by atoms with Gasteiger partial charge in [0.2, 0.25) is 0 Å². The van der Waals surface area contributed by atoms with Gasteiger partial charge in [0.05, 0.1) is 0 Å². The molecule has 0 aromatic heterocycles. The predicted octanol–water partition coefficient (Wildman–Crippen LogP) is -11.8. The number of rotatable bonds is 0. The minimum Gasteiger partial charge on any atom is -0.894 e. The van der Waals surface area contributed by atoms with Crippen LogP contribution < -0.4 is 38.4 Å². The normalized spacial score (nSPS) is 8.57. The molecule has 0 aliphatic heterocycles. The molecule has 8 nitrogen and oxygen atoms in total. The molecule has 0 bridgehead atoms. The molecule has 0 aliphatic rings. The van der Waals surface area contributed by atoms with Crippen LogP contribution in [0.1, 0.15) is 0 Å². The molecule has 0 radical (unpaired) electrons. The third kappa shape index (κ3) is 161. The summed E-state index contributed by atoms with van der Waals surface area (Å²) in [6.07, 6.45) is 0. The van der Waals surface area contributed by atoms with E-state index in [1.165, 1.54) is 0 Å². The van der Waals surface area contributed by atoms with Crippen LogP contribution in [-0.2, 0) is 0 Å². The average molecular weight is 392 g/mol. The molecule has 0 unspecified atom stereocenters. The van der Waals surface area contributed by atoms with E-state index in [4.69, 9.17) is 38.4 Å². The van der Waals surface area contributed by atoms with E-state index in [-0.39, 0.29) is 159 Å². The van der Waals surface area contributed by atoms with Crippen LogP contribution in [0.25, 0.3) is 0 Å². The Labute approximate surface area is 209 Å². The predicted molar refractivity (Wildman–Crippen MR) is 34.5 cm³/mol. The standard InChI is InChI=1S/3Ca.2O4Si.Sr/c;;;2*1-5(2,3)4;/q3*+2;2*-4;+2. The maximum absolute atomic E-state index is 8.58. The first-order valence-electron chi connectivity index (χ1n) is 1.63. The molecule has 0 fully saturated rings. The van der Waals surface area contributed by atoms with Crippen LogP contribution in [0.3, 0.4) is 0 Å². The Morgan fingerprint density at radius 1 is 0.429 bits per heavy atom. The fraction of sp³-hybridized carbons (Fsp3) is 0. The van der Waals surface area contributed by atoms with E-state index in [0.29, 0.717) is 0 Å². The molecule has 0 spiro atoms. The minimum absolute atomic E-state index is 0. The Hall–Kier alpha value is 5.37. The van der Waals surface area contributed by atoms with Crippen LogP contribution in [0.4, 0.5) is 0 Å². The fourth-order valence-electron chi connectivity index (χ4n) is 0. The van der Waals surface area contributed by atoms with Gasteiger partial charge >= 0.3 is 159 Å². The third-order valence-corrected chi connectivity index (χ3v) is 0. The van der Waals surface area contributed by atoms with Crippen molar-refractivity contribution in [2.75, 3.05) is 0 Å². The SMILES string of the molecule is [Ca+2].[Ca+2].[Ca+2].[O-][Si]([O-])([O-])[O-].[O-][Si]([O-])([O-])[O-].[Sr+2]. The molecule has 64 valence electrons. The maximum atomic E-state index is 8.58. The summed E-state index contributed by atoms with van der Waals surface area (Å²) in [5, 5.41) is 0. The Balaban J connectivity index is -0.0000000178. The number of hydrogen-bond donors (Lipinski definition) is 0. The molecule has 14 heteroatoms. The molecule has 0 atom stereocenters. The quantitative estimate of drug-likeness (QED) is 0.364. The molecule has 0 aromatic rings. The van der Waals surface area contributed by atoms with Gasteiger partial charge in [-0.1, -0.05) is 0 Å². The Morgan fingerprint density at radius 3 is 0.429 bits per heavy atom. The smallest absolute Gasteiger partial charge is 0.894 e. The van der Waals surface area contributed by atoms with Crippen molar-refractivity contribution in [2.24, 2.45) is 0 Å². The minimum atomic E-state index is -5.61. The van der Waals surface area contributed by atoms with Crippen molar-refractivity contribution in [1.29, 1.82) is 0 Å². The molecule has 0 aromatic carbocycles. The van der Waals surface area contributed by atoms with Gasteiger partial charge in [-0.2, -0.15) is 0 Å². The van der Waals surface area contributed by atoms with E-state index in [1.54, 1.807) is 0 Å². The monoisotopic (exact) mass is 392 g/mol. The van der Waals surface area contributed by atoms with E-state index in [0.717, 1.165) is 0 Å². The molecule has 0 amide bonds. The van der Waals surface area contributed by atoms with Gasteiger partial charge in [0.1, 0.15) is 0 Å². The zero-order chi connectivity index (χ0) is 9.00. The summed E-state index contributed by atoms with van der Waals surface area (Å²) < 4.78 is 0. The van der Waals surface area contributed by atoms with E-state index in [2.05, 4.69) is 0 Å². The van der Waals surface area contributed by atoms with Crippen molar-refractivity contribution in [1.82, 2.24) is 0 Å². The van der Waals surface area contributed by atoms with Crippen molar-refractivity contribution in [2.45, 2.75) is 0 Å². The third-order valence-electron chi connectivity index (χ3n) is 0. The van der Waals surface area contributed by atoms with Crippen LogP contribution in [0.5, 0.6) is 0 Å². The second-order valence-electron chi connectivity index (χ2n) is 1.00. The topological polar surface area (TPSA) is 184 Å². The van der Waals surface area contributed by atoms with Crippen molar-refractivity contribution in [3.05, 3.63) is 0 Å². The summed E-state index contributed by atoms with van der Waals surface area (Å²) in [7, 11) is -11.2. The Bertz CT molecular complexity index is 65.6. The summed E-state index contributed by atoms with van der Waals surface area (Å²) in [6.45, 7) is 0. The van der Waals surface area contributed by atoms with Gasteiger partial charge in [-0.3, -0.25) is 0 Å². The zero-order valence-corrected chi connectivity index (χ0v) is 19.2. The van der Waals surface area contributed by atoms with Gasteiger partial charge < -0.3 is 56.5 Å². The Morgan fingerprint density at radius 2 is 0.429 bits per heavy atom. The van der Waals surface area contributed by atoms with E-state index < -0.39 is 18.1 Å². The average Bonchev–Trinajstić information content (AvgIpc) is 1.12. The second-order valence-corrected chi connectivity index (χ2v) is 3.00. The van der Waals surface area contributed by atoms with Gasteiger partial charge in [0, 0.05) is 0 Å². The van der Waals surface area contributed by atoms with Crippen molar-refractivity contribution in [3.8, 4) is 0 Å². The summed E-state index contributed by atoms with van der Waals surface area (Å²) in [6, 6.07) is 0. The fourth-order valence-corrected chi connectivity index (χ4v) is 0. The molecule has 0 saturated carbocycles. The van der Waals surface area contributed by atoms with Crippen LogP contribution in [-0.4, -0.2) is 177 Å². The molecule has 0 rings (SSSR count). The molecule has 0 saturated heterocycles. The first kappa shape index (κ1) is 36.6. The van der Waals surface area contributed by atoms with E-state index in [1.807, 2.05) is 0 Å². The van der Waals surface area contributed by atoms with Crippen LogP contribution >= 0.6 is 0 Å². The summed E-state index contributed by atoms with van der Waals surface area (Å²) in [5.74, 6) is 0. The van der Waals surface area contributed by atoms with Crippen molar-refractivity contribution >= 4 is 177 Å². The largest absolute Gasteiger partial charge is 2.00 e. The summed E-state index contributed by atoms with van der Waals surface area (Å²) in [4.78, 5) is 68.6. The second kappa shape index (κ2) is 18.4. The molecular formula is Ca3O8Si2Sr. The molecule has 0 N–H and O–H groups in total. The summed E-state index contributed by atoms with van der Waals surface area (Å²) >= 11 is 0. The van der Waals surface area contributed by atoms with Gasteiger partial charge in [0.25, 0.3) is 0 Å². The van der Waals surface area contributed by atoms with Gasteiger partial charge in [-0.25, -0.2) is 0 Å². The van der Waals surface area contributed by atoms with E-state index >= 15 is 0 Å². The van der Waals surface area contributed by atoms with E-state index in [9.17, 15) is 0 Å². The van der Waals surface area contributed by atoms with Crippen LogP contribution in [0, 0.1) is 0 Å². The van der Waals surface area contributed by atoms with Crippen molar-refractivity contribution in [3.63, 3.8) is 0 Å². The van der Waals surface area contributed by atoms with Gasteiger partial charge in [-0.05, 0) is 0 Å². The molecule has 14 heavy (non-hydrogen) atoms. The first-order chi connectivity index (χ1) is 4.00. The first-order valence-corrected chi connectivity index (χ1v) is 4.90. The van der Waals surface area contributed by atoms with Crippen LogP contribution in [0.2, 0.25) is 0 Å². The van der Waals surface area contributed by atoms with Gasteiger partial charge in [-0.15, -0.1) is 0 Å². The van der Waals surface area contributed by atoms with Crippen molar-refractivity contribution < 1.29 is 38.4 Å². The maximum Gasteiger partial charge on any atom is 2.00 e. The van der Waals surface area contributed by atoms with Crippen LogP contribution in [0.15, 0.2) is 0 Å².